The van der Waals surface area contributed by atoms with Crippen LogP contribution in [0.25, 0.3) is 0 Å². The Kier molecular flexibility index (Phi) is 3.34. The fourth-order valence-corrected chi connectivity index (χ4v) is 3.32. The van der Waals surface area contributed by atoms with Crippen molar-refractivity contribution in [3.05, 3.63) is 0 Å². The second-order valence-corrected chi connectivity index (χ2v) is 5.47. The Morgan fingerprint density at radius 1 is 1.06 bits per heavy atom. The van der Waals surface area contributed by atoms with Crippen molar-refractivity contribution < 1.29 is 9.53 Å². The molecule has 0 saturated carbocycles. The van der Waals surface area contributed by atoms with Crippen LogP contribution in [-0.4, -0.2) is 60.6 Å². The summed E-state index contributed by atoms with van der Waals surface area (Å²) in [5.41, 5.74) is 0. The molecule has 0 radical (unpaired) electrons. The van der Waals surface area contributed by atoms with Gasteiger partial charge in [-0.25, -0.2) is 0 Å². The van der Waals surface area contributed by atoms with Gasteiger partial charge in [-0.3, -0.25) is 9.69 Å². The first-order valence-electron chi connectivity index (χ1n) is 6.99. The van der Waals surface area contributed by atoms with Crippen LogP contribution in [-0.2, 0) is 9.53 Å². The van der Waals surface area contributed by atoms with E-state index >= 15 is 0 Å². The van der Waals surface area contributed by atoms with E-state index in [4.69, 9.17) is 4.74 Å². The molecular formula is C13H22N2O2. The highest BCUT2D eigenvalue weighted by atomic mass is 16.5. The van der Waals surface area contributed by atoms with Gasteiger partial charge in [-0.2, -0.15) is 0 Å². The minimum absolute atomic E-state index is 0.132. The molecule has 0 bridgehead atoms. The van der Waals surface area contributed by atoms with Crippen LogP contribution in [0.5, 0.6) is 0 Å². The first-order chi connectivity index (χ1) is 8.34. The molecule has 2 atom stereocenters. The van der Waals surface area contributed by atoms with Crippen molar-refractivity contribution >= 4 is 5.91 Å². The molecule has 0 spiro atoms. The van der Waals surface area contributed by atoms with Crippen LogP contribution < -0.4 is 0 Å². The Hall–Kier alpha value is -0.610. The van der Waals surface area contributed by atoms with Gasteiger partial charge in [-0.1, -0.05) is 0 Å². The SMILES string of the molecule is O=C(C1CCCO1)N1CCC(N2CCCC2)C1. The zero-order valence-electron chi connectivity index (χ0n) is 10.4. The molecule has 17 heavy (non-hydrogen) atoms. The lowest BCUT2D eigenvalue weighted by molar-refractivity contribution is -0.140. The fraction of sp³-hybridized carbons (Fsp3) is 0.923. The molecular weight excluding hydrogens is 216 g/mol. The van der Waals surface area contributed by atoms with Crippen molar-refractivity contribution in [3.8, 4) is 0 Å². The van der Waals surface area contributed by atoms with Crippen molar-refractivity contribution in [2.75, 3.05) is 32.8 Å². The number of rotatable bonds is 2. The quantitative estimate of drug-likeness (QED) is 0.715. The predicted molar refractivity (Wildman–Crippen MR) is 64.8 cm³/mol. The van der Waals surface area contributed by atoms with Crippen molar-refractivity contribution in [1.82, 2.24) is 9.80 Å². The summed E-state index contributed by atoms with van der Waals surface area (Å²) in [5, 5.41) is 0. The van der Waals surface area contributed by atoms with Crippen LogP contribution in [0.15, 0.2) is 0 Å². The monoisotopic (exact) mass is 238 g/mol. The molecule has 4 heteroatoms. The Balaban J connectivity index is 1.54. The van der Waals surface area contributed by atoms with Gasteiger partial charge < -0.3 is 9.64 Å². The second kappa shape index (κ2) is 4.94. The third-order valence-corrected chi connectivity index (χ3v) is 4.34. The Bertz CT molecular complexity index is 283. The summed E-state index contributed by atoms with van der Waals surface area (Å²) >= 11 is 0. The molecule has 0 N–H and O–H groups in total. The molecule has 96 valence electrons. The summed E-state index contributed by atoms with van der Waals surface area (Å²) in [6.45, 7) is 5.08. The summed E-state index contributed by atoms with van der Waals surface area (Å²) < 4.78 is 5.48. The second-order valence-electron chi connectivity index (χ2n) is 5.47. The molecule has 3 heterocycles. The standard InChI is InChI=1S/C13H22N2O2/c16-13(12-4-3-9-17-12)15-8-5-11(10-15)14-6-1-2-7-14/h11-12H,1-10H2. The number of likely N-dealkylation sites (tertiary alicyclic amines) is 2. The van der Waals surface area contributed by atoms with E-state index in [2.05, 4.69) is 4.90 Å². The highest BCUT2D eigenvalue weighted by Gasteiger charge is 2.35. The summed E-state index contributed by atoms with van der Waals surface area (Å²) in [5.74, 6) is 0.240. The van der Waals surface area contributed by atoms with Crippen LogP contribution in [0.3, 0.4) is 0 Å². The molecule has 2 unspecified atom stereocenters. The van der Waals surface area contributed by atoms with Gasteiger partial charge in [0.1, 0.15) is 6.10 Å². The topological polar surface area (TPSA) is 32.8 Å². The highest BCUT2D eigenvalue weighted by molar-refractivity contribution is 5.81. The Morgan fingerprint density at radius 2 is 1.88 bits per heavy atom. The highest BCUT2D eigenvalue weighted by Crippen LogP contribution is 2.23. The summed E-state index contributed by atoms with van der Waals surface area (Å²) in [6.07, 6.45) is 5.64. The van der Waals surface area contributed by atoms with E-state index in [1.165, 1.54) is 25.9 Å². The lowest BCUT2D eigenvalue weighted by Crippen LogP contribution is -2.40. The van der Waals surface area contributed by atoms with E-state index in [-0.39, 0.29) is 12.0 Å². The number of hydrogen-bond donors (Lipinski definition) is 0. The van der Waals surface area contributed by atoms with Crippen molar-refractivity contribution in [2.45, 2.75) is 44.2 Å². The fourth-order valence-electron chi connectivity index (χ4n) is 3.32. The van der Waals surface area contributed by atoms with E-state index in [9.17, 15) is 4.79 Å². The molecule has 3 rings (SSSR count). The van der Waals surface area contributed by atoms with Gasteiger partial charge in [0.2, 0.25) is 0 Å². The maximum absolute atomic E-state index is 12.2. The molecule has 1 amide bonds. The van der Waals surface area contributed by atoms with Gasteiger partial charge in [-0.05, 0) is 45.2 Å². The summed E-state index contributed by atoms with van der Waals surface area (Å²) in [4.78, 5) is 16.8. The zero-order valence-corrected chi connectivity index (χ0v) is 10.4. The van der Waals surface area contributed by atoms with Crippen LogP contribution in [0, 0.1) is 0 Å². The maximum Gasteiger partial charge on any atom is 0.251 e. The van der Waals surface area contributed by atoms with E-state index < -0.39 is 0 Å². The lowest BCUT2D eigenvalue weighted by atomic mass is 10.2. The molecule has 0 aliphatic carbocycles. The van der Waals surface area contributed by atoms with Gasteiger partial charge in [0.25, 0.3) is 5.91 Å². The van der Waals surface area contributed by atoms with E-state index in [1.54, 1.807) is 0 Å². The maximum atomic E-state index is 12.2. The van der Waals surface area contributed by atoms with Gasteiger partial charge >= 0.3 is 0 Å². The Labute approximate surface area is 103 Å². The molecule has 3 saturated heterocycles. The predicted octanol–water partition coefficient (Wildman–Crippen LogP) is 0.862. The number of carbonyl (C=O) groups excluding carboxylic acids is 1. The number of amides is 1. The molecule has 3 aliphatic rings. The van der Waals surface area contributed by atoms with E-state index in [0.29, 0.717) is 6.04 Å². The van der Waals surface area contributed by atoms with Gasteiger partial charge in [0, 0.05) is 25.7 Å². The molecule has 0 aromatic heterocycles. The number of hydrogen-bond acceptors (Lipinski definition) is 3. The smallest absolute Gasteiger partial charge is 0.251 e. The van der Waals surface area contributed by atoms with Crippen LogP contribution >= 0.6 is 0 Å². The minimum atomic E-state index is -0.132. The molecule has 3 fully saturated rings. The molecule has 0 aromatic rings. The normalized spacial score (nSPS) is 34.7. The number of carbonyl (C=O) groups is 1. The first kappa shape index (κ1) is 11.5. The van der Waals surface area contributed by atoms with Gasteiger partial charge in [0.15, 0.2) is 0 Å². The lowest BCUT2D eigenvalue weighted by Gasteiger charge is -2.24. The zero-order chi connectivity index (χ0) is 11.7. The third kappa shape index (κ3) is 2.33. The van der Waals surface area contributed by atoms with Gasteiger partial charge in [-0.15, -0.1) is 0 Å². The molecule has 4 nitrogen and oxygen atoms in total. The Morgan fingerprint density at radius 3 is 2.59 bits per heavy atom. The van der Waals surface area contributed by atoms with Gasteiger partial charge in [0.05, 0.1) is 0 Å². The minimum Gasteiger partial charge on any atom is -0.368 e. The van der Waals surface area contributed by atoms with Crippen LogP contribution in [0.4, 0.5) is 0 Å². The third-order valence-electron chi connectivity index (χ3n) is 4.34. The number of ether oxygens (including phenoxy) is 1. The van der Waals surface area contributed by atoms with Crippen LogP contribution in [0.2, 0.25) is 0 Å². The van der Waals surface area contributed by atoms with E-state index in [0.717, 1.165) is 39.0 Å². The molecule has 0 aromatic carbocycles. The van der Waals surface area contributed by atoms with Crippen molar-refractivity contribution in [3.63, 3.8) is 0 Å². The van der Waals surface area contributed by atoms with Crippen molar-refractivity contribution in [2.24, 2.45) is 0 Å². The summed E-state index contributed by atoms with van der Waals surface area (Å²) in [6, 6.07) is 0.614. The largest absolute Gasteiger partial charge is 0.368 e. The summed E-state index contributed by atoms with van der Waals surface area (Å²) in [7, 11) is 0. The van der Waals surface area contributed by atoms with Crippen LogP contribution in [0.1, 0.15) is 32.1 Å². The average Bonchev–Trinajstić information content (AvgIpc) is 3.09. The first-order valence-corrected chi connectivity index (χ1v) is 6.99. The average molecular weight is 238 g/mol. The van der Waals surface area contributed by atoms with E-state index in [1.807, 2.05) is 4.90 Å². The number of nitrogens with zero attached hydrogens (tertiary/aromatic N) is 2. The molecule has 3 aliphatic heterocycles. The van der Waals surface area contributed by atoms with Crippen molar-refractivity contribution in [1.29, 1.82) is 0 Å².